The Morgan fingerprint density at radius 3 is 2.61 bits per heavy atom. The summed E-state index contributed by atoms with van der Waals surface area (Å²) in [4.78, 5) is 0. The van der Waals surface area contributed by atoms with Crippen LogP contribution < -0.4 is 0 Å². The van der Waals surface area contributed by atoms with Crippen molar-refractivity contribution in [2.45, 2.75) is 32.1 Å². The molecule has 0 N–H and O–H groups in total. The molecule has 1 saturated carbocycles. The van der Waals surface area contributed by atoms with Gasteiger partial charge in [-0.2, -0.15) is 0 Å². The maximum absolute atomic E-state index is 6.24. The zero-order chi connectivity index (χ0) is 13.0. The summed E-state index contributed by atoms with van der Waals surface area (Å²) in [5.41, 5.74) is 2.48. The summed E-state index contributed by atoms with van der Waals surface area (Å²) in [6.45, 7) is 0. The van der Waals surface area contributed by atoms with E-state index < -0.39 is 0 Å². The lowest BCUT2D eigenvalue weighted by atomic mass is 9.84. The first-order chi connectivity index (χ1) is 8.72. The molecule has 1 aliphatic carbocycles. The monoisotopic (exact) mass is 346 g/mol. The fourth-order valence-corrected chi connectivity index (χ4v) is 3.55. The van der Waals surface area contributed by atoms with E-state index in [4.69, 9.17) is 23.2 Å². The van der Waals surface area contributed by atoms with Crippen LogP contribution in [-0.2, 0) is 0 Å². The van der Waals surface area contributed by atoms with Gasteiger partial charge in [-0.1, -0.05) is 82.2 Å². The zero-order valence-electron chi connectivity index (χ0n) is 10.3. The first-order valence-corrected chi connectivity index (χ1v) is 8.30. The Morgan fingerprint density at radius 2 is 1.94 bits per heavy atom. The van der Waals surface area contributed by atoms with Gasteiger partial charge in [-0.15, -0.1) is 0 Å². The standard InChI is InChI=1S/C15H17BrCl2/c16-10-13(11-5-2-1-3-6-11)9-12-7-4-8-14(17)15(12)18/h4,7-9,11H,1-3,5-6,10H2. The zero-order valence-corrected chi connectivity index (χ0v) is 13.4. The van der Waals surface area contributed by atoms with Gasteiger partial charge >= 0.3 is 0 Å². The van der Waals surface area contributed by atoms with Gasteiger partial charge in [-0.05, 0) is 30.4 Å². The maximum atomic E-state index is 6.24. The lowest BCUT2D eigenvalue weighted by Gasteiger charge is -2.23. The highest BCUT2D eigenvalue weighted by atomic mass is 79.9. The molecule has 1 aromatic carbocycles. The van der Waals surface area contributed by atoms with Gasteiger partial charge in [0, 0.05) is 5.33 Å². The molecule has 18 heavy (non-hydrogen) atoms. The fourth-order valence-electron chi connectivity index (χ4n) is 2.57. The van der Waals surface area contributed by atoms with Crippen LogP contribution in [0.1, 0.15) is 37.7 Å². The Bertz CT molecular complexity index is 434. The molecule has 0 nitrogen and oxygen atoms in total. The molecular formula is C15H17BrCl2. The van der Waals surface area contributed by atoms with Crippen molar-refractivity contribution in [2.24, 2.45) is 5.92 Å². The number of rotatable bonds is 3. The van der Waals surface area contributed by atoms with Gasteiger partial charge in [0.25, 0.3) is 0 Å². The Balaban J connectivity index is 2.25. The normalized spacial score (nSPS) is 18.1. The van der Waals surface area contributed by atoms with Crippen LogP contribution in [-0.4, -0.2) is 5.33 Å². The van der Waals surface area contributed by atoms with Gasteiger partial charge in [0.2, 0.25) is 0 Å². The van der Waals surface area contributed by atoms with Gasteiger partial charge in [-0.25, -0.2) is 0 Å². The van der Waals surface area contributed by atoms with Crippen molar-refractivity contribution >= 4 is 45.2 Å². The predicted octanol–water partition coefficient (Wildman–Crippen LogP) is 6.35. The van der Waals surface area contributed by atoms with Crippen molar-refractivity contribution in [1.29, 1.82) is 0 Å². The second-order valence-electron chi connectivity index (χ2n) is 4.83. The van der Waals surface area contributed by atoms with Crippen LogP contribution in [0.4, 0.5) is 0 Å². The van der Waals surface area contributed by atoms with E-state index in [0.717, 1.165) is 10.9 Å². The van der Waals surface area contributed by atoms with Gasteiger partial charge in [-0.3, -0.25) is 0 Å². The number of allylic oxidation sites excluding steroid dienone is 1. The molecule has 0 amide bonds. The van der Waals surface area contributed by atoms with E-state index in [2.05, 4.69) is 22.0 Å². The number of halogens is 3. The molecular weight excluding hydrogens is 331 g/mol. The summed E-state index contributed by atoms with van der Waals surface area (Å²) in [7, 11) is 0. The molecule has 2 rings (SSSR count). The van der Waals surface area contributed by atoms with Crippen LogP contribution in [0.15, 0.2) is 23.8 Å². The minimum atomic E-state index is 0.628. The summed E-state index contributed by atoms with van der Waals surface area (Å²) >= 11 is 15.9. The number of benzene rings is 1. The summed E-state index contributed by atoms with van der Waals surface area (Å²) in [5, 5.41) is 2.21. The van der Waals surface area contributed by atoms with Gasteiger partial charge in [0.15, 0.2) is 0 Å². The first-order valence-electron chi connectivity index (χ1n) is 6.43. The van der Waals surface area contributed by atoms with Crippen LogP contribution in [0, 0.1) is 5.92 Å². The Morgan fingerprint density at radius 1 is 1.22 bits per heavy atom. The number of alkyl halides is 1. The maximum Gasteiger partial charge on any atom is 0.0664 e. The van der Waals surface area contributed by atoms with Crippen molar-refractivity contribution in [2.75, 3.05) is 5.33 Å². The molecule has 0 saturated heterocycles. The van der Waals surface area contributed by atoms with E-state index in [1.165, 1.54) is 37.7 Å². The highest BCUT2D eigenvalue weighted by Gasteiger charge is 2.17. The quantitative estimate of drug-likeness (QED) is 0.558. The molecule has 0 heterocycles. The van der Waals surface area contributed by atoms with Crippen molar-refractivity contribution in [3.05, 3.63) is 39.4 Å². The molecule has 0 atom stereocenters. The molecule has 1 aliphatic rings. The molecule has 1 aromatic rings. The second kappa shape index (κ2) is 6.98. The lowest BCUT2D eigenvalue weighted by molar-refractivity contribution is 0.405. The largest absolute Gasteiger partial charge is 0.0880 e. The third-order valence-corrected chi connectivity index (χ3v) is 5.09. The van der Waals surface area contributed by atoms with E-state index in [9.17, 15) is 0 Å². The number of hydrogen-bond donors (Lipinski definition) is 0. The van der Waals surface area contributed by atoms with Crippen molar-refractivity contribution in [3.63, 3.8) is 0 Å². The van der Waals surface area contributed by atoms with E-state index in [-0.39, 0.29) is 0 Å². The minimum Gasteiger partial charge on any atom is -0.0880 e. The molecule has 0 aromatic heterocycles. The molecule has 0 aliphatic heterocycles. The summed E-state index contributed by atoms with van der Waals surface area (Å²) in [5.74, 6) is 0.702. The second-order valence-corrected chi connectivity index (χ2v) is 6.18. The molecule has 0 unspecified atom stereocenters. The van der Waals surface area contributed by atoms with E-state index in [1.807, 2.05) is 18.2 Å². The molecule has 0 radical (unpaired) electrons. The number of hydrogen-bond acceptors (Lipinski definition) is 0. The molecule has 0 bridgehead atoms. The van der Waals surface area contributed by atoms with Gasteiger partial charge in [0.05, 0.1) is 10.0 Å². The highest BCUT2D eigenvalue weighted by molar-refractivity contribution is 9.09. The predicted molar refractivity (Wildman–Crippen MR) is 84.8 cm³/mol. The Labute approximate surface area is 127 Å². The third-order valence-electron chi connectivity index (χ3n) is 3.61. The van der Waals surface area contributed by atoms with Gasteiger partial charge in [0.1, 0.15) is 0 Å². The summed E-state index contributed by atoms with van der Waals surface area (Å²) < 4.78 is 0. The van der Waals surface area contributed by atoms with E-state index in [1.54, 1.807) is 0 Å². The molecule has 0 spiro atoms. The van der Waals surface area contributed by atoms with Crippen LogP contribution in [0.25, 0.3) is 6.08 Å². The summed E-state index contributed by atoms with van der Waals surface area (Å²) in [6, 6.07) is 5.81. The Hall–Kier alpha value is 0.0200. The Kier molecular flexibility index (Phi) is 5.59. The van der Waals surface area contributed by atoms with Crippen molar-refractivity contribution in [1.82, 2.24) is 0 Å². The van der Waals surface area contributed by atoms with Crippen LogP contribution in [0.2, 0.25) is 10.0 Å². The van der Waals surface area contributed by atoms with Crippen LogP contribution in [0.3, 0.4) is 0 Å². The summed E-state index contributed by atoms with van der Waals surface area (Å²) in [6.07, 6.45) is 8.88. The SMILES string of the molecule is Clc1cccc(C=C(CBr)C2CCCCC2)c1Cl. The average Bonchev–Trinajstić information content (AvgIpc) is 2.41. The average molecular weight is 348 g/mol. The third kappa shape index (κ3) is 3.53. The van der Waals surface area contributed by atoms with Crippen LogP contribution >= 0.6 is 39.1 Å². The van der Waals surface area contributed by atoms with E-state index >= 15 is 0 Å². The smallest absolute Gasteiger partial charge is 0.0664 e. The first kappa shape index (κ1) is 14.4. The van der Waals surface area contributed by atoms with Crippen molar-refractivity contribution in [3.8, 4) is 0 Å². The van der Waals surface area contributed by atoms with Crippen molar-refractivity contribution < 1.29 is 0 Å². The fraction of sp³-hybridized carbons (Fsp3) is 0.467. The van der Waals surface area contributed by atoms with Gasteiger partial charge < -0.3 is 0 Å². The lowest BCUT2D eigenvalue weighted by Crippen LogP contribution is -2.10. The van der Waals surface area contributed by atoms with Crippen LogP contribution in [0.5, 0.6) is 0 Å². The molecule has 3 heteroatoms. The molecule has 98 valence electrons. The molecule has 1 fully saturated rings. The topological polar surface area (TPSA) is 0 Å². The minimum absolute atomic E-state index is 0.628. The van der Waals surface area contributed by atoms with E-state index in [0.29, 0.717) is 16.0 Å². The highest BCUT2D eigenvalue weighted by Crippen LogP contribution is 2.34.